The van der Waals surface area contributed by atoms with Crippen LogP contribution in [0.2, 0.25) is 10.0 Å². The van der Waals surface area contributed by atoms with Crippen LogP contribution in [0.3, 0.4) is 0 Å². The third-order valence-electron chi connectivity index (χ3n) is 1.63. The highest BCUT2D eigenvalue weighted by atomic mass is 35.5. The Morgan fingerprint density at radius 3 is 2.79 bits per heavy atom. The molecule has 0 saturated carbocycles. The Kier molecular flexibility index (Phi) is 4.20. The SMILES string of the molecule is NCCNC(=O)c1cccc(Cl)c1Cl. The summed E-state index contributed by atoms with van der Waals surface area (Å²) in [4.78, 5) is 11.5. The monoisotopic (exact) mass is 232 g/mol. The van der Waals surface area contributed by atoms with Crippen LogP contribution >= 0.6 is 23.2 Å². The van der Waals surface area contributed by atoms with Crippen molar-refractivity contribution in [3.63, 3.8) is 0 Å². The fourth-order valence-corrected chi connectivity index (χ4v) is 1.35. The van der Waals surface area contributed by atoms with Gasteiger partial charge >= 0.3 is 0 Å². The van der Waals surface area contributed by atoms with E-state index in [1.807, 2.05) is 0 Å². The van der Waals surface area contributed by atoms with Gasteiger partial charge in [0.1, 0.15) is 0 Å². The first-order valence-corrected chi connectivity index (χ1v) is 4.84. The van der Waals surface area contributed by atoms with Gasteiger partial charge in [0.05, 0.1) is 15.6 Å². The molecule has 1 amide bonds. The van der Waals surface area contributed by atoms with Gasteiger partial charge in [-0.25, -0.2) is 0 Å². The Hall–Kier alpha value is -0.770. The third kappa shape index (κ3) is 2.61. The molecule has 0 aliphatic carbocycles. The second kappa shape index (κ2) is 5.20. The van der Waals surface area contributed by atoms with Gasteiger partial charge in [0.25, 0.3) is 5.91 Å². The maximum absolute atomic E-state index is 11.5. The maximum atomic E-state index is 11.5. The molecule has 0 spiro atoms. The van der Waals surface area contributed by atoms with Crippen molar-refractivity contribution in [2.45, 2.75) is 0 Å². The quantitative estimate of drug-likeness (QED) is 0.834. The molecule has 3 nitrogen and oxygen atoms in total. The molecule has 0 aliphatic rings. The predicted octanol–water partition coefficient (Wildman–Crippen LogP) is 1.68. The molecule has 1 aromatic carbocycles. The number of carbonyl (C=O) groups is 1. The van der Waals surface area contributed by atoms with Crippen LogP contribution < -0.4 is 11.1 Å². The first-order valence-electron chi connectivity index (χ1n) is 4.09. The third-order valence-corrected chi connectivity index (χ3v) is 2.45. The minimum atomic E-state index is -0.261. The summed E-state index contributed by atoms with van der Waals surface area (Å²) >= 11 is 11.6. The van der Waals surface area contributed by atoms with E-state index in [9.17, 15) is 4.79 Å². The minimum absolute atomic E-state index is 0.261. The molecule has 0 aliphatic heterocycles. The van der Waals surface area contributed by atoms with Crippen LogP contribution in [-0.2, 0) is 0 Å². The van der Waals surface area contributed by atoms with Crippen LogP contribution in [0.25, 0.3) is 0 Å². The van der Waals surface area contributed by atoms with Crippen molar-refractivity contribution in [1.29, 1.82) is 0 Å². The number of amides is 1. The highest BCUT2D eigenvalue weighted by Gasteiger charge is 2.11. The van der Waals surface area contributed by atoms with Gasteiger partial charge in [-0.15, -0.1) is 0 Å². The molecule has 0 radical (unpaired) electrons. The van der Waals surface area contributed by atoms with E-state index in [4.69, 9.17) is 28.9 Å². The van der Waals surface area contributed by atoms with Crippen molar-refractivity contribution < 1.29 is 4.79 Å². The number of hydrogen-bond acceptors (Lipinski definition) is 2. The lowest BCUT2D eigenvalue weighted by atomic mass is 10.2. The lowest BCUT2D eigenvalue weighted by molar-refractivity contribution is 0.0955. The normalized spacial score (nSPS) is 9.93. The van der Waals surface area contributed by atoms with E-state index in [0.717, 1.165) is 0 Å². The Morgan fingerprint density at radius 1 is 1.43 bits per heavy atom. The summed E-state index contributed by atoms with van der Waals surface area (Å²) in [5.74, 6) is -0.261. The van der Waals surface area contributed by atoms with Gasteiger partial charge in [-0.3, -0.25) is 4.79 Å². The Labute approximate surface area is 92.2 Å². The van der Waals surface area contributed by atoms with Gasteiger partial charge in [0.15, 0.2) is 0 Å². The topological polar surface area (TPSA) is 55.1 Å². The van der Waals surface area contributed by atoms with Crippen molar-refractivity contribution in [3.8, 4) is 0 Å². The van der Waals surface area contributed by atoms with E-state index in [1.165, 1.54) is 0 Å². The molecule has 0 heterocycles. The summed E-state index contributed by atoms with van der Waals surface area (Å²) in [6, 6.07) is 4.91. The minimum Gasteiger partial charge on any atom is -0.351 e. The van der Waals surface area contributed by atoms with Crippen LogP contribution in [0.15, 0.2) is 18.2 Å². The van der Waals surface area contributed by atoms with Crippen LogP contribution in [-0.4, -0.2) is 19.0 Å². The summed E-state index contributed by atoms with van der Waals surface area (Å²) in [6.07, 6.45) is 0. The highest BCUT2D eigenvalue weighted by molar-refractivity contribution is 6.43. The molecule has 0 atom stereocenters. The van der Waals surface area contributed by atoms with Gasteiger partial charge in [0, 0.05) is 13.1 Å². The smallest absolute Gasteiger partial charge is 0.252 e. The maximum Gasteiger partial charge on any atom is 0.252 e. The van der Waals surface area contributed by atoms with E-state index >= 15 is 0 Å². The molecule has 1 aromatic rings. The van der Waals surface area contributed by atoms with Gasteiger partial charge in [-0.1, -0.05) is 29.3 Å². The summed E-state index contributed by atoms with van der Waals surface area (Å²) in [5.41, 5.74) is 5.62. The molecule has 0 saturated heterocycles. The van der Waals surface area contributed by atoms with Gasteiger partial charge < -0.3 is 11.1 Å². The molecule has 1 rings (SSSR count). The second-order valence-electron chi connectivity index (χ2n) is 2.65. The zero-order valence-corrected chi connectivity index (χ0v) is 8.90. The van der Waals surface area contributed by atoms with Crippen molar-refractivity contribution in [1.82, 2.24) is 5.32 Å². The average Bonchev–Trinajstić information content (AvgIpc) is 2.18. The lowest BCUT2D eigenvalue weighted by Crippen LogP contribution is -2.29. The van der Waals surface area contributed by atoms with Crippen molar-refractivity contribution >= 4 is 29.1 Å². The van der Waals surface area contributed by atoms with E-state index in [2.05, 4.69) is 5.32 Å². The number of nitrogens with two attached hydrogens (primary N) is 1. The number of nitrogens with one attached hydrogen (secondary N) is 1. The fourth-order valence-electron chi connectivity index (χ4n) is 0.960. The molecule has 0 aromatic heterocycles. The first kappa shape index (κ1) is 11.3. The molecular weight excluding hydrogens is 223 g/mol. The fraction of sp³-hybridized carbons (Fsp3) is 0.222. The predicted molar refractivity (Wildman–Crippen MR) is 57.8 cm³/mol. The van der Waals surface area contributed by atoms with E-state index in [0.29, 0.717) is 23.7 Å². The summed E-state index contributed by atoms with van der Waals surface area (Å²) < 4.78 is 0. The van der Waals surface area contributed by atoms with Gasteiger partial charge in [-0.05, 0) is 12.1 Å². The second-order valence-corrected chi connectivity index (χ2v) is 3.43. The summed E-state index contributed by atoms with van der Waals surface area (Å²) in [6.45, 7) is 0.811. The zero-order chi connectivity index (χ0) is 10.6. The average molecular weight is 233 g/mol. The van der Waals surface area contributed by atoms with Crippen LogP contribution in [0.1, 0.15) is 10.4 Å². The molecule has 0 bridgehead atoms. The number of carbonyl (C=O) groups excluding carboxylic acids is 1. The lowest BCUT2D eigenvalue weighted by Gasteiger charge is -2.05. The molecule has 5 heteroatoms. The molecule has 76 valence electrons. The van der Waals surface area contributed by atoms with Crippen molar-refractivity contribution in [2.24, 2.45) is 5.73 Å². The summed E-state index contributed by atoms with van der Waals surface area (Å²) in [5, 5.41) is 3.24. The Bertz CT molecular complexity index is 342. The first-order chi connectivity index (χ1) is 6.66. The Morgan fingerprint density at radius 2 is 2.14 bits per heavy atom. The van der Waals surface area contributed by atoms with Crippen molar-refractivity contribution in [2.75, 3.05) is 13.1 Å². The largest absolute Gasteiger partial charge is 0.351 e. The van der Waals surface area contributed by atoms with Crippen LogP contribution in [0.4, 0.5) is 0 Å². The Balaban J connectivity index is 2.84. The van der Waals surface area contributed by atoms with E-state index < -0.39 is 0 Å². The summed E-state index contributed by atoms with van der Waals surface area (Å²) in [7, 11) is 0. The van der Waals surface area contributed by atoms with Crippen molar-refractivity contribution in [3.05, 3.63) is 33.8 Å². The number of halogens is 2. The number of benzene rings is 1. The van der Waals surface area contributed by atoms with Gasteiger partial charge in [-0.2, -0.15) is 0 Å². The van der Waals surface area contributed by atoms with Crippen LogP contribution in [0.5, 0.6) is 0 Å². The van der Waals surface area contributed by atoms with E-state index in [-0.39, 0.29) is 10.9 Å². The van der Waals surface area contributed by atoms with E-state index in [1.54, 1.807) is 18.2 Å². The molecule has 3 N–H and O–H groups in total. The van der Waals surface area contributed by atoms with Gasteiger partial charge in [0.2, 0.25) is 0 Å². The zero-order valence-electron chi connectivity index (χ0n) is 7.39. The number of rotatable bonds is 3. The number of hydrogen-bond donors (Lipinski definition) is 2. The standard InChI is InChI=1S/C9H10Cl2N2O/c10-7-3-1-2-6(8(7)11)9(14)13-5-4-12/h1-3H,4-5,12H2,(H,13,14). The van der Waals surface area contributed by atoms with Crippen LogP contribution in [0, 0.1) is 0 Å². The molecule has 0 unspecified atom stereocenters. The molecule has 14 heavy (non-hydrogen) atoms. The molecule has 0 fully saturated rings. The molecular formula is C9H10Cl2N2O. The highest BCUT2D eigenvalue weighted by Crippen LogP contribution is 2.25.